The van der Waals surface area contributed by atoms with Gasteiger partial charge in [0.25, 0.3) is 0 Å². The van der Waals surface area contributed by atoms with E-state index in [2.05, 4.69) is 16.0 Å². The van der Waals surface area contributed by atoms with E-state index in [1.54, 1.807) is 30.3 Å². The van der Waals surface area contributed by atoms with Gasteiger partial charge < -0.3 is 42.1 Å². The molecule has 39 heavy (non-hydrogen) atoms. The highest BCUT2D eigenvalue weighted by atomic mass is 16.4. The number of aliphatic carboxylic acids is 2. The number of phenols is 1. The maximum atomic E-state index is 12.9. The van der Waals surface area contributed by atoms with Crippen LogP contribution in [0.2, 0.25) is 0 Å². The molecule has 0 fully saturated rings. The maximum absolute atomic E-state index is 12.9. The summed E-state index contributed by atoms with van der Waals surface area (Å²) in [6.45, 7) is 1.17. The highest BCUT2D eigenvalue weighted by Gasteiger charge is 2.33. The van der Waals surface area contributed by atoms with Crippen LogP contribution in [0.1, 0.15) is 24.5 Å². The van der Waals surface area contributed by atoms with Crippen LogP contribution in [0.3, 0.4) is 0 Å². The summed E-state index contributed by atoms with van der Waals surface area (Å²) in [5.41, 5.74) is 7.14. The first kappa shape index (κ1) is 30.7. The molecule has 0 bridgehead atoms. The summed E-state index contributed by atoms with van der Waals surface area (Å²) in [7, 11) is 0. The van der Waals surface area contributed by atoms with Gasteiger partial charge in [-0.3, -0.25) is 19.2 Å². The minimum atomic E-state index is -1.68. The van der Waals surface area contributed by atoms with Crippen LogP contribution in [0.25, 0.3) is 0 Å². The number of carbonyl (C=O) groups is 5. The van der Waals surface area contributed by atoms with Crippen molar-refractivity contribution in [1.29, 1.82) is 0 Å². The summed E-state index contributed by atoms with van der Waals surface area (Å²) < 4.78 is 0. The van der Waals surface area contributed by atoms with Gasteiger partial charge in [-0.1, -0.05) is 42.5 Å². The van der Waals surface area contributed by atoms with Crippen LogP contribution < -0.4 is 21.7 Å². The minimum Gasteiger partial charge on any atom is -0.508 e. The lowest BCUT2D eigenvalue weighted by Crippen LogP contribution is -2.60. The fourth-order valence-corrected chi connectivity index (χ4v) is 3.61. The van der Waals surface area contributed by atoms with E-state index >= 15 is 0 Å². The van der Waals surface area contributed by atoms with Crippen molar-refractivity contribution in [1.82, 2.24) is 16.0 Å². The second-order valence-electron chi connectivity index (χ2n) is 8.95. The number of carboxylic acid groups (broad SMARTS) is 2. The van der Waals surface area contributed by atoms with E-state index in [4.69, 9.17) is 5.73 Å². The monoisotopic (exact) mass is 544 g/mol. The Balaban J connectivity index is 2.10. The third kappa shape index (κ3) is 10.1. The van der Waals surface area contributed by atoms with Gasteiger partial charge in [0.15, 0.2) is 0 Å². The van der Waals surface area contributed by atoms with Crippen LogP contribution >= 0.6 is 0 Å². The molecule has 0 aliphatic rings. The van der Waals surface area contributed by atoms with E-state index in [1.165, 1.54) is 31.2 Å². The Morgan fingerprint density at radius 2 is 1.33 bits per heavy atom. The summed E-state index contributed by atoms with van der Waals surface area (Å²) in [6, 6.07) is 8.51. The number of amides is 3. The number of rotatable bonds is 14. The van der Waals surface area contributed by atoms with Gasteiger partial charge >= 0.3 is 11.9 Å². The van der Waals surface area contributed by atoms with E-state index in [1.807, 2.05) is 0 Å². The Morgan fingerprint density at radius 1 is 0.769 bits per heavy atom. The number of benzene rings is 2. The molecule has 2 rings (SSSR count). The second-order valence-corrected chi connectivity index (χ2v) is 8.95. The molecule has 0 radical (unpaired) electrons. The lowest BCUT2D eigenvalue weighted by Gasteiger charge is -2.26. The first-order valence-corrected chi connectivity index (χ1v) is 12.0. The van der Waals surface area contributed by atoms with Crippen molar-refractivity contribution in [3.63, 3.8) is 0 Å². The molecule has 0 saturated carbocycles. The number of aliphatic hydroxyl groups is 1. The predicted molar refractivity (Wildman–Crippen MR) is 137 cm³/mol. The Labute approximate surface area is 224 Å². The highest BCUT2D eigenvalue weighted by Crippen LogP contribution is 2.12. The molecular formula is C26H32N4O9. The van der Waals surface area contributed by atoms with Crippen molar-refractivity contribution in [2.24, 2.45) is 5.73 Å². The standard InChI is InChI=1S/C26H32N4O9/c1-14(31)22(25(37)29-20(26(38)39)12-16-7-9-17(32)10-8-16)30-24(36)19(13-21(33)34)28-23(35)18(27)11-15-5-3-2-4-6-15/h2-10,14,18-20,22,31-32H,11-13,27H2,1H3,(H,28,35)(H,29,37)(H,30,36)(H,33,34)(H,38,39). The number of carboxylic acids is 2. The average molecular weight is 545 g/mol. The van der Waals surface area contributed by atoms with Crippen LogP contribution in [-0.4, -0.2) is 80.4 Å². The highest BCUT2D eigenvalue weighted by molar-refractivity contribution is 5.96. The first-order valence-electron chi connectivity index (χ1n) is 12.0. The molecule has 0 heterocycles. The second kappa shape index (κ2) is 14.4. The quantitative estimate of drug-likeness (QED) is 0.143. The summed E-state index contributed by atoms with van der Waals surface area (Å²) in [6.07, 6.45) is -2.41. The molecule has 0 aromatic heterocycles. The van der Waals surface area contributed by atoms with Crippen molar-refractivity contribution in [3.8, 4) is 5.75 Å². The Kier molecular flexibility index (Phi) is 11.4. The summed E-state index contributed by atoms with van der Waals surface area (Å²) in [5.74, 6) is -5.80. The van der Waals surface area contributed by atoms with E-state index in [-0.39, 0.29) is 18.6 Å². The number of phenolic OH excluding ortho intramolecular Hbond substituents is 1. The third-order valence-electron chi connectivity index (χ3n) is 5.70. The van der Waals surface area contributed by atoms with Crippen molar-refractivity contribution in [3.05, 3.63) is 65.7 Å². The first-order chi connectivity index (χ1) is 18.4. The van der Waals surface area contributed by atoms with Gasteiger partial charge in [-0.25, -0.2) is 4.79 Å². The molecule has 9 N–H and O–H groups in total. The van der Waals surface area contributed by atoms with E-state index in [0.717, 1.165) is 5.56 Å². The van der Waals surface area contributed by atoms with Gasteiger partial charge in [0, 0.05) is 6.42 Å². The van der Waals surface area contributed by atoms with Crippen LogP contribution in [0.15, 0.2) is 54.6 Å². The Bertz CT molecular complexity index is 1160. The van der Waals surface area contributed by atoms with Crippen LogP contribution in [0, 0.1) is 0 Å². The van der Waals surface area contributed by atoms with Gasteiger partial charge in [-0.2, -0.15) is 0 Å². The Hall–Kier alpha value is -4.49. The van der Waals surface area contributed by atoms with Gasteiger partial charge in [0.05, 0.1) is 18.6 Å². The van der Waals surface area contributed by atoms with Gasteiger partial charge in [-0.15, -0.1) is 0 Å². The fourth-order valence-electron chi connectivity index (χ4n) is 3.61. The molecular weight excluding hydrogens is 512 g/mol. The lowest BCUT2D eigenvalue weighted by molar-refractivity contribution is -0.144. The summed E-state index contributed by atoms with van der Waals surface area (Å²) in [4.78, 5) is 61.4. The number of hydrogen-bond acceptors (Lipinski definition) is 8. The van der Waals surface area contributed by atoms with Crippen molar-refractivity contribution in [2.45, 2.75) is 56.5 Å². The lowest BCUT2D eigenvalue weighted by atomic mass is 10.0. The summed E-state index contributed by atoms with van der Waals surface area (Å²) >= 11 is 0. The van der Waals surface area contributed by atoms with Gasteiger partial charge in [-0.05, 0) is 36.6 Å². The van der Waals surface area contributed by atoms with Crippen LogP contribution in [0.4, 0.5) is 0 Å². The van der Waals surface area contributed by atoms with E-state index in [9.17, 15) is 44.4 Å². The molecule has 0 aliphatic heterocycles. The van der Waals surface area contributed by atoms with Gasteiger partial charge in [0.2, 0.25) is 17.7 Å². The number of hydrogen-bond donors (Lipinski definition) is 8. The number of nitrogens with one attached hydrogen (secondary N) is 3. The smallest absolute Gasteiger partial charge is 0.326 e. The summed E-state index contributed by atoms with van der Waals surface area (Å²) in [5, 5.41) is 45.0. The molecule has 13 heteroatoms. The molecule has 3 amide bonds. The maximum Gasteiger partial charge on any atom is 0.326 e. The molecule has 13 nitrogen and oxygen atoms in total. The molecule has 5 atom stereocenters. The van der Waals surface area contributed by atoms with E-state index in [0.29, 0.717) is 5.56 Å². The number of aliphatic hydroxyl groups excluding tert-OH is 1. The zero-order valence-electron chi connectivity index (χ0n) is 21.1. The average Bonchev–Trinajstić information content (AvgIpc) is 2.87. The fraction of sp³-hybridized carbons (Fsp3) is 0.346. The zero-order chi connectivity index (χ0) is 29.1. The molecule has 5 unspecified atom stereocenters. The largest absolute Gasteiger partial charge is 0.508 e. The molecule has 2 aromatic rings. The van der Waals surface area contributed by atoms with Gasteiger partial charge in [0.1, 0.15) is 23.9 Å². The third-order valence-corrected chi connectivity index (χ3v) is 5.70. The Morgan fingerprint density at radius 3 is 1.87 bits per heavy atom. The molecule has 2 aromatic carbocycles. The topological polar surface area (TPSA) is 228 Å². The van der Waals surface area contributed by atoms with E-state index < -0.39 is 66.4 Å². The normalized spacial score (nSPS) is 14.6. The SMILES string of the molecule is CC(O)C(NC(=O)C(CC(=O)O)NC(=O)C(N)Cc1ccccc1)C(=O)NC(Cc1ccc(O)cc1)C(=O)O. The van der Waals surface area contributed by atoms with Crippen molar-refractivity contribution < 1.29 is 44.4 Å². The predicted octanol–water partition coefficient (Wildman–Crippen LogP) is -1.10. The van der Waals surface area contributed by atoms with Crippen LogP contribution in [-0.2, 0) is 36.8 Å². The van der Waals surface area contributed by atoms with Crippen LogP contribution in [0.5, 0.6) is 5.75 Å². The molecule has 0 aliphatic carbocycles. The zero-order valence-corrected chi connectivity index (χ0v) is 21.1. The van der Waals surface area contributed by atoms with Crippen molar-refractivity contribution >= 4 is 29.7 Å². The number of carbonyl (C=O) groups excluding carboxylic acids is 3. The molecule has 0 spiro atoms. The molecule has 0 saturated heterocycles. The molecule has 210 valence electrons. The van der Waals surface area contributed by atoms with Crippen molar-refractivity contribution in [2.75, 3.05) is 0 Å². The minimum absolute atomic E-state index is 0.0319. The number of aromatic hydroxyl groups is 1. The number of nitrogens with two attached hydrogens (primary N) is 1.